The third-order valence-corrected chi connectivity index (χ3v) is 3.65. The number of aromatic amines is 1. The minimum absolute atomic E-state index is 0.235. The van der Waals surface area contributed by atoms with Crippen LogP contribution in [0.1, 0.15) is 30.8 Å². The predicted molar refractivity (Wildman–Crippen MR) is 77.5 cm³/mol. The largest absolute Gasteiger partial charge is 0.347 e. The van der Waals surface area contributed by atoms with E-state index in [2.05, 4.69) is 56.3 Å². The smallest absolute Gasteiger partial charge is 0.123 e. The van der Waals surface area contributed by atoms with Gasteiger partial charge in [-0.1, -0.05) is 41.1 Å². The molecule has 1 heterocycles. The lowest BCUT2D eigenvalue weighted by atomic mass is 10.1. The summed E-state index contributed by atoms with van der Waals surface area (Å²) >= 11 is 3.60. The Balaban J connectivity index is 2.13. The second kappa shape index (κ2) is 6.71. The lowest BCUT2D eigenvalue weighted by molar-refractivity contribution is 0.508. The van der Waals surface area contributed by atoms with Crippen LogP contribution in [0.4, 0.5) is 0 Å². The highest BCUT2D eigenvalue weighted by Gasteiger charge is 2.14. The minimum Gasteiger partial charge on any atom is -0.347 e. The fraction of sp³-hybridized carbons (Fsp3) is 0.357. The molecule has 96 valence electrons. The predicted octanol–water partition coefficient (Wildman–Crippen LogP) is 3.46. The first kappa shape index (κ1) is 13.3. The number of rotatable bonds is 6. The first-order chi connectivity index (χ1) is 8.81. The first-order valence-electron chi connectivity index (χ1n) is 6.27. The van der Waals surface area contributed by atoms with Crippen LogP contribution in [0.2, 0.25) is 0 Å². The number of hydrogen-bond acceptors (Lipinski definition) is 2. The summed E-state index contributed by atoms with van der Waals surface area (Å²) in [6.45, 7) is 3.17. The molecule has 0 saturated heterocycles. The van der Waals surface area contributed by atoms with E-state index < -0.39 is 0 Å². The number of nitrogens with one attached hydrogen (secondary N) is 2. The third kappa shape index (κ3) is 3.43. The van der Waals surface area contributed by atoms with Gasteiger partial charge >= 0.3 is 0 Å². The third-order valence-electron chi connectivity index (χ3n) is 2.87. The number of benzene rings is 1. The van der Waals surface area contributed by atoms with E-state index >= 15 is 0 Å². The van der Waals surface area contributed by atoms with Gasteiger partial charge in [-0.25, -0.2) is 4.98 Å². The highest BCUT2D eigenvalue weighted by atomic mass is 79.9. The molecule has 1 unspecified atom stereocenters. The molecule has 0 radical (unpaired) electrons. The van der Waals surface area contributed by atoms with Crippen LogP contribution < -0.4 is 5.32 Å². The molecule has 2 rings (SSSR count). The van der Waals surface area contributed by atoms with Gasteiger partial charge in [-0.15, -0.1) is 0 Å². The molecule has 3 nitrogen and oxygen atoms in total. The summed E-state index contributed by atoms with van der Waals surface area (Å²) in [7, 11) is 0. The monoisotopic (exact) mass is 307 g/mol. The van der Waals surface area contributed by atoms with Crippen LogP contribution in [0.25, 0.3) is 0 Å². The van der Waals surface area contributed by atoms with Crippen molar-refractivity contribution in [2.24, 2.45) is 0 Å². The van der Waals surface area contributed by atoms with E-state index in [9.17, 15) is 0 Å². The highest BCUT2D eigenvalue weighted by molar-refractivity contribution is 9.10. The molecule has 0 bridgehead atoms. The van der Waals surface area contributed by atoms with Crippen molar-refractivity contribution in [3.05, 3.63) is 52.5 Å². The Labute approximate surface area is 116 Å². The summed E-state index contributed by atoms with van der Waals surface area (Å²) < 4.78 is 1.15. The second-order valence-electron chi connectivity index (χ2n) is 4.28. The van der Waals surface area contributed by atoms with Crippen LogP contribution in [-0.2, 0) is 6.42 Å². The van der Waals surface area contributed by atoms with E-state index in [0.29, 0.717) is 0 Å². The zero-order chi connectivity index (χ0) is 12.8. The summed E-state index contributed by atoms with van der Waals surface area (Å²) in [5.74, 6) is 0.999. The number of halogens is 1. The van der Waals surface area contributed by atoms with Gasteiger partial charge in [0.1, 0.15) is 5.82 Å². The maximum atomic E-state index is 4.36. The molecule has 2 aromatic rings. The molecule has 0 amide bonds. The fourth-order valence-corrected chi connectivity index (χ4v) is 2.38. The van der Waals surface area contributed by atoms with Crippen molar-refractivity contribution >= 4 is 15.9 Å². The molecule has 1 aromatic heterocycles. The quantitative estimate of drug-likeness (QED) is 0.858. The summed E-state index contributed by atoms with van der Waals surface area (Å²) in [5, 5.41) is 3.53. The normalized spacial score (nSPS) is 12.6. The van der Waals surface area contributed by atoms with Crippen LogP contribution in [0, 0.1) is 0 Å². The summed E-state index contributed by atoms with van der Waals surface area (Å²) in [5.41, 5.74) is 1.29. The number of hydrogen-bond donors (Lipinski definition) is 2. The van der Waals surface area contributed by atoms with Crippen molar-refractivity contribution in [2.45, 2.75) is 25.8 Å². The number of nitrogens with zero attached hydrogens (tertiary/aromatic N) is 1. The molecular weight excluding hydrogens is 290 g/mol. The van der Waals surface area contributed by atoms with Crippen molar-refractivity contribution in [3.63, 3.8) is 0 Å². The van der Waals surface area contributed by atoms with Crippen molar-refractivity contribution in [1.29, 1.82) is 0 Å². The lowest BCUT2D eigenvalue weighted by Crippen LogP contribution is -2.25. The Hall–Kier alpha value is -1.13. The van der Waals surface area contributed by atoms with E-state index in [0.717, 1.165) is 29.7 Å². The van der Waals surface area contributed by atoms with E-state index in [4.69, 9.17) is 0 Å². The Morgan fingerprint density at radius 2 is 2.22 bits per heavy atom. The van der Waals surface area contributed by atoms with Crippen molar-refractivity contribution in [2.75, 3.05) is 6.54 Å². The maximum Gasteiger partial charge on any atom is 0.123 e. The summed E-state index contributed by atoms with van der Waals surface area (Å²) in [4.78, 5) is 7.56. The number of H-pyrrole nitrogens is 1. The number of imidazole rings is 1. The molecule has 0 fully saturated rings. The molecule has 2 N–H and O–H groups in total. The Morgan fingerprint density at radius 1 is 1.39 bits per heavy atom. The summed E-state index contributed by atoms with van der Waals surface area (Å²) in [6, 6.07) is 8.56. The molecule has 0 aliphatic heterocycles. The van der Waals surface area contributed by atoms with Gasteiger partial charge < -0.3 is 10.3 Å². The van der Waals surface area contributed by atoms with Crippen LogP contribution in [0.3, 0.4) is 0 Å². The van der Waals surface area contributed by atoms with Gasteiger partial charge in [-0.2, -0.15) is 0 Å². The van der Waals surface area contributed by atoms with E-state index in [1.54, 1.807) is 6.20 Å². The van der Waals surface area contributed by atoms with Crippen LogP contribution in [0.5, 0.6) is 0 Å². The van der Waals surface area contributed by atoms with E-state index in [-0.39, 0.29) is 6.04 Å². The Morgan fingerprint density at radius 3 is 2.89 bits per heavy atom. The van der Waals surface area contributed by atoms with Gasteiger partial charge in [-0.05, 0) is 31.0 Å². The molecular formula is C14H18BrN3. The molecule has 18 heavy (non-hydrogen) atoms. The molecule has 1 aromatic carbocycles. The average molecular weight is 308 g/mol. The van der Waals surface area contributed by atoms with Gasteiger partial charge in [0.15, 0.2) is 0 Å². The van der Waals surface area contributed by atoms with Gasteiger partial charge in [0.25, 0.3) is 0 Å². The van der Waals surface area contributed by atoms with Crippen molar-refractivity contribution in [3.8, 4) is 0 Å². The standard InChI is InChI=1S/C14H18BrN3/c1-2-7-16-13(14-17-8-9-18-14)10-11-5-3-4-6-12(11)15/h3-6,8-9,13,16H,2,7,10H2,1H3,(H,17,18). The average Bonchev–Trinajstić information content (AvgIpc) is 2.90. The second-order valence-corrected chi connectivity index (χ2v) is 5.13. The lowest BCUT2D eigenvalue weighted by Gasteiger charge is -2.17. The van der Waals surface area contributed by atoms with Crippen molar-refractivity contribution in [1.82, 2.24) is 15.3 Å². The minimum atomic E-state index is 0.235. The molecule has 4 heteroatoms. The molecule has 0 aliphatic rings. The highest BCUT2D eigenvalue weighted by Crippen LogP contribution is 2.22. The topological polar surface area (TPSA) is 40.7 Å². The van der Waals surface area contributed by atoms with Crippen LogP contribution in [0.15, 0.2) is 41.1 Å². The molecule has 1 atom stereocenters. The fourth-order valence-electron chi connectivity index (χ4n) is 1.94. The van der Waals surface area contributed by atoms with E-state index in [1.807, 2.05) is 12.3 Å². The van der Waals surface area contributed by atoms with Crippen molar-refractivity contribution < 1.29 is 0 Å². The molecule has 0 saturated carbocycles. The molecule has 0 spiro atoms. The molecule has 0 aliphatic carbocycles. The zero-order valence-corrected chi connectivity index (χ0v) is 12.1. The SMILES string of the molecule is CCCNC(Cc1ccccc1Br)c1ncc[nH]1. The Kier molecular flexibility index (Phi) is 4.96. The van der Waals surface area contributed by atoms with Gasteiger partial charge in [0.2, 0.25) is 0 Å². The van der Waals surface area contributed by atoms with Gasteiger partial charge in [0, 0.05) is 16.9 Å². The van der Waals surface area contributed by atoms with Gasteiger partial charge in [0.05, 0.1) is 6.04 Å². The number of aromatic nitrogens is 2. The van der Waals surface area contributed by atoms with Crippen LogP contribution in [-0.4, -0.2) is 16.5 Å². The maximum absolute atomic E-state index is 4.36. The van der Waals surface area contributed by atoms with E-state index in [1.165, 1.54) is 5.56 Å². The first-order valence-corrected chi connectivity index (χ1v) is 7.06. The van der Waals surface area contributed by atoms with Crippen LogP contribution >= 0.6 is 15.9 Å². The van der Waals surface area contributed by atoms with Gasteiger partial charge in [-0.3, -0.25) is 0 Å². The Bertz CT molecular complexity index is 468. The zero-order valence-electron chi connectivity index (χ0n) is 10.5. The summed E-state index contributed by atoms with van der Waals surface area (Å²) in [6.07, 6.45) is 5.72.